The van der Waals surface area contributed by atoms with Gasteiger partial charge in [0.1, 0.15) is 6.61 Å². The minimum atomic E-state index is -0.361. The maximum absolute atomic E-state index is 11.8. The molecule has 0 unspecified atom stereocenters. The van der Waals surface area contributed by atoms with Crippen LogP contribution in [-0.4, -0.2) is 21.7 Å². The molecule has 2 rings (SSSR count). The highest BCUT2D eigenvalue weighted by atomic mass is 32.2. The number of aromatic nitrogens is 2. The highest BCUT2D eigenvalue weighted by molar-refractivity contribution is 7.99. The molecule has 0 aliphatic heterocycles. The summed E-state index contributed by atoms with van der Waals surface area (Å²) < 4.78 is 5.19. The van der Waals surface area contributed by atoms with Crippen LogP contribution >= 0.6 is 11.8 Å². The average molecular weight is 313 g/mol. The number of benzene rings is 1. The van der Waals surface area contributed by atoms with E-state index in [-0.39, 0.29) is 18.3 Å². The molecule has 6 heteroatoms. The Morgan fingerprint density at radius 3 is 2.64 bits per heavy atom. The maximum atomic E-state index is 11.8. The summed E-state index contributed by atoms with van der Waals surface area (Å²) in [6.07, 6.45) is 0. The highest BCUT2D eigenvalue weighted by Gasteiger charge is 2.09. The normalized spacial score (nSPS) is 10.0. The van der Waals surface area contributed by atoms with Crippen molar-refractivity contribution in [3.8, 4) is 6.07 Å². The molecular weight excluding hydrogens is 298 g/mol. The van der Waals surface area contributed by atoms with Crippen molar-refractivity contribution >= 4 is 17.7 Å². The third-order valence-electron chi connectivity index (χ3n) is 2.81. The zero-order valence-electron chi connectivity index (χ0n) is 12.4. The van der Waals surface area contributed by atoms with Gasteiger partial charge < -0.3 is 4.74 Å². The van der Waals surface area contributed by atoms with Crippen LogP contribution in [0.1, 0.15) is 22.5 Å². The van der Waals surface area contributed by atoms with Crippen LogP contribution in [0.15, 0.2) is 35.5 Å². The summed E-state index contributed by atoms with van der Waals surface area (Å²) in [5, 5.41) is 9.54. The molecule has 1 aromatic carbocycles. The van der Waals surface area contributed by atoms with Crippen molar-refractivity contribution in [2.24, 2.45) is 0 Å². The number of thioether (sulfide) groups is 1. The summed E-state index contributed by atoms with van der Waals surface area (Å²) in [5.74, 6) is -0.224. The second-order valence-electron chi connectivity index (χ2n) is 4.65. The van der Waals surface area contributed by atoms with E-state index in [4.69, 9.17) is 10.00 Å². The molecular formula is C16H15N3O2S. The van der Waals surface area contributed by atoms with Crippen LogP contribution in [0, 0.1) is 25.2 Å². The molecule has 0 spiro atoms. The first-order valence-corrected chi connectivity index (χ1v) is 7.66. The van der Waals surface area contributed by atoms with E-state index in [1.165, 1.54) is 11.8 Å². The fourth-order valence-corrected chi connectivity index (χ4v) is 2.58. The monoisotopic (exact) mass is 313 g/mol. The molecule has 0 saturated heterocycles. The van der Waals surface area contributed by atoms with Crippen LogP contribution < -0.4 is 0 Å². The number of nitriles is 1. The summed E-state index contributed by atoms with van der Waals surface area (Å²) in [5.41, 5.74) is 2.95. The summed E-state index contributed by atoms with van der Waals surface area (Å²) in [6, 6.07) is 11.0. The van der Waals surface area contributed by atoms with Crippen LogP contribution in [0.5, 0.6) is 0 Å². The Balaban J connectivity index is 1.87. The van der Waals surface area contributed by atoms with Gasteiger partial charge in [0.05, 0.1) is 17.4 Å². The fourth-order valence-electron chi connectivity index (χ4n) is 1.84. The van der Waals surface area contributed by atoms with E-state index in [9.17, 15) is 4.79 Å². The van der Waals surface area contributed by atoms with E-state index < -0.39 is 0 Å². The number of carbonyl (C=O) groups excluding carboxylic acids is 1. The van der Waals surface area contributed by atoms with Gasteiger partial charge >= 0.3 is 5.97 Å². The minimum Gasteiger partial charge on any atom is -0.460 e. The molecule has 5 nitrogen and oxygen atoms in total. The predicted octanol–water partition coefficient (Wildman–Crippen LogP) is 2.80. The lowest BCUT2D eigenvalue weighted by atomic mass is 10.1. The van der Waals surface area contributed by atoms with Gasteiger partial charge in [0.25, 0.3) is 0 Å². The Kier molecular flexibility index (Phi) is 5.50. The van der Waals surface area contributed by atoms with E-state index in [0.717, 1.165) is 11.4 Å². The Labute approximate surface area is 133 Å². The van der Waals surface area contributed by atoms with Crippen LogP contribution in [-0.2, 0) is 16.1 Å². The lowest BCUT2D eigenvalue weighted by molar-refractivity contribution is -0.141. The van der Waals surface area contributed by atoms with Gasteiger partial charge in [0.15, 0.2) is 5.16 Å². The number of hydrogen-bond donors (Lipinski definition) is 0. The predicted molar refractivity (Wildman–Crippen MR) is 83.2 cm³/mol. The van der Waals surface area contributed by atoms with E-state index in [1.807, 2.05) is 26.0 Å². The largest absolute Gasteiger partial charge is 0.460 e. The van der Waals surface area contributed by atoms with Crippen molar-refractivity contribution in [2.45, 2.75) is 25.6 Å². The molecule has 22 heavy (non-hydrogen) atoms. The molecule has 0 saturated carbocycles. The van der Waals surface area contributed by atoms with Crippen molar-refractivity contribution in [1.29, 1.82) is 5.26 Å². The van der Waals surface area contributed by atoms with E-state index in [0.29, 0.717) is 16.3 Å². The summed E-state index contributed by atoms with van der Waals surface area (Å²) in [4.78, 5) is 20.3. The van der Waals surface area contributed by atoms with Crippen LogP contribution in [0.3, 0.4) is 0 Å². The second kappa shape index (κ2) is 7.57. The molecule has 0 amide bonds. The lowest BCUT2D eigenvalue weighted by Gasteiger charge is -2.06. The molecule has 2 aromatic rings. The van der Waals surface area contributed by atoms with E-state index in [2.05, 4.69) is 16.0 Å². The third kappa shape index (κ3) is 4.57. The van der Waals surface area contributed by atoms with Crippen molar-refractivity contribution in [2.75, 3.05) is 5.75 Å². The van der Waals surface area contributed by atoms with Gasteiger partial charge in [0.2, 0.25) is 0 Å². The fraction of sp³-hybridized carbons (Fsp3) is 0.250. The standard InChI is InChI=1S/C16H15N3O2S/c1-11-7-12(2)19-16(18-11)22-10-15(20)21-9-14-6-4-3-5-13(14)8-17/h3-7H,9-10H2,1-2H3. The van der Waals surface area contributed by atoms with Crippen molar-refractivity contribution in [3.63, 3.8) is 0 Å². The molecule has 0 atom stereocenters. The Bertz CT molecular complexity index is 705. The van der Waals surface area contributed by atoms with E-state index >= 15 is 0 Å². The molecule has 0 N–H and O–H groups in total. The molecule has 1 heterocycles. The zero-order chi connectivity index (χ0) is 15.9. The quantitative estimate of drug-likeness (QED) is 0.480. The van der Waals surface area contributed by atoms with Crippen LogP contribution in [0.25, 0.3) is 0 Å². The Morgan fingerprint density at radius 2 is 1.95 bits per heavy atom. The smallest absolute Gasteiger partial charge is 0.316 e. The number of carbonyl (C=O) groups is 1. The minimum absolute atomic E-state index is 0.0941. The first kappa shape index (κ1) is 16.0. The number of ether oxygens (including phenoxy) is 1. The Morgan fingerprint density at radius 1 is 1.27 bits per heavy atom. The molecule has 0 fully saturated rings. The van der Waals surface area contributed by atoms with Crippen molar-refractivity contribution in [3.05, 3.63) is 52.8 Å². The number of rotatable bonds is 5. The summed E-state index contributed by atoms with van der Waals surface area (Å²) in [6.45, 7) is 3.86. The van der Waals surface area contributed by atoms with Gasteiger partial charge in [-0.2, -0.15) is 5.26 Å². The number of aryl methyl sites for hydroxylation is 2. The van der Waals surface area contributed by atoms with Gasteiger partial charge in [-0.15, -0.1) is 0 Å². The molecule has 0 aliphatic carbocycles. The number of hydrogen-bond acceptors (Lipinski definition) is 6. The average Bonchev–Trinajstić information content (AvgIpc) is 2.50. The SMILES string of the molecule is Cc1cc(C)nc(SCC(=O)OCc2ccccc2C#N)n1. The number of esters is 1. The Hall–Kier alpha value is -2.39. The first-order valence-electron chi connectivity index (χ1n) is 6.67. The molecule has 0 radical (unpaired) electrons. The van der Waals surface area contributed by atoms with Gasteiger partial charge in [-0.3, -0.25) is 4.79 Å². The molecule has 112 valence electrons. The van der Waals surface area contributed by atoms with E-state index in [1.54, 1.807) is 18.2 Å². The third-order valence-corrected chi connectivity index (χ3v) is 3.63. The van der Waals surface area contributed by atoms with Gasteiger partial charge in [-0.05, 0) is 26.0 Å². The van der Waals surface area contributed by atoms with Crippen LogP contribution in [0.2, 0.25) is 0 Å². The first-order chi connectivity index (χ1) is 10.6. The van der Waals surface area contributed by atoms with Crippen LogP contribution in [0.4, 0.5) is 0 Å². The van der Waals surface area contributed by atoms with Crippen molar-refractivity contribution < 1.29 is 9.53 Å². The summed E-state index contributed by atoms with van der Waals surface area (Å²) in [7, 11) is 0. The second-order valence-corrected chi connectivity index (χ2v) is 5.59. The maximum Gasteiger partial charge on any atom is 0.316 e. The van der Waals surface area contributed by atoms with Gasteiger partial charge in [0, 0.05) is 17.0 Å². The highest BCUT2D eigenvalue weighted by Crippen LogP contribution is 2.15. The van der Waals surface area contributed by atoms with Gasteiger partial charge in [-0.25, -0.2) is 9.97 Å². The topological polar surface area (TPSA) is 75.9 Å². The molecule has 0 bridgehead atoms. The molecule has 0 aliphatic rings. The summed E-state index contributed by atoms with van der Waals surface area (Å²) >= 11 is 1.24. The lowest BCUT2D eigenvalue weighted by Crippen LogP contribution is -2.08. The van der Waals surface area contributed by atoms with Crippen molar-refractivity contribution in [1.82, 2.24) is 9.97 Å². The molecule has 1 aromatic heterocycles. The zero-order valence-corrected chi connectivity index (χ0v) is 13.2. The van der Waals surface area contributed by atoms with Gasteiger partial charge in [-0.1, -0.05) is 30.0 Å². The number of nitrogens with zero attached hydrogens (tertiary/aromatic N) is 3.